The molecule has 22 heavy (non-hydrogen) atoms. The molecule has 0 aliphatic carbocycles. The van der Waals surface area contributed by atoms with E-state index in [1.807, 2.05) is 37.3 Å². The highest BCUT2D eigenvalue weighted by Gasteiger charge is 2.03. The summed E-state index contributed by atoms with van der Waals surface area (Å²) >= 11 is 0. The van der Waals surface area contributed by atoms with E-state index in [1.165, 1.54) is 0 Å². The van der Waals surface area contributed by atoms with Crippen LogP contribution in [0, 0.1) is 0 Å². The van der Waals surface area contributed by atoms with Crippen molar-refractivity contribution in [3.05, 3.63) is 60.2 Å². The largest absolute Gasteiger partial charge is 0.494 e. The number of nitrogens with one attached hydrogen (secondary N) is 1. The summed E-state index contributed by atoms with van der Waals surface area (Å²) < 4.78 is 10.7. The van der Waals surface area contributed by atoms with Crippen LogP contribution in [0.4, 0.5) is 0 Å². The molecule has 1 N–H and O–H groups in total. The predicted octanol–water partition coefficient (Wildman–Crippen LogP) is 2.71. The van der Waals surface area contributed by atoms with Gasteiger partial charge in [-0.05, 0) is 36.8 Å². The van der Waals surface area contributed by atoms with E-state index in [0.29, 0.717) is 19.0 Å². The molecular formula is C17H19NO4. The number of rotatable bonds is 8. The molecule has 5 heteroatoms. The Kier molecular flexibility index (Phi) is 6.26. The number of hydrogen-bond donors (Lipinski definition) is 1. The molecule has 0 aromatic heterocycles. The maximum absolute atomic E-state index is 11.6. The first-order chi connectivity index (χ1) is 10.8. The Morgan fingerprint density at radius 1 is 0.955 bits per heavy atom. The van der Waals surface area contributed by atoms with Gasteiger partial charge in [-0.1, -0.05) is 30.3 Å². The van der Waals surface area contributed by atoms with Gasteiger partial charge >= 0.3 is 0 Å². The first kappa shape index (κ1) is 15.9. The fraction of sp³-hybridized carbons (Fsp3) is 0.235. The molecule has 2 aromatic rings. The fourth-order valence-corrected chi connectivity index (χ4v) is 1.75. The molecule has 2 aromatic carbocycles. The molecular weight excluding hydrogens is 282 g/mol. The van der Waals surface area contributed by atoms with E-state index in [2.05, 4.69) is 5.48 Å². The molecule has 0 heterocycles. The second kappa shape index (κ2) is 8.69. The summed E-state index contributed by atoms with van der Waals surface area (Å²) in [6.07, 6.45) is 0. The van der Waals surface area contributed by atoms with Crippen LogP contribution in [0.25, 0.3) is 0 Å². The molecule has 0 fully saturated rings. The molecule has 0 radical (unpaired) electrons. The minimum atomic E-state index is -0.343. The van der Waals surface area contributed by atoms with Gasteiger partial charge in [0.05, 0.1) is 13.2 Å². The van der Waals surface area contributed by atoms with Crippen LogP contribution in [0.15, 0.2) is 54.6 Å². The monoisotopic (exact) mass is 301 g/mol. The third-order valence-electron chi connectivity index (χ3n) is 2.77. The smallest absolute Gasteiger partial charge is 0.281 e. The van der Waals surface area contributed by atoms with Crippen molar-refractivity contribution in [2.45, 2.75) is 13.5 Å². The lowest BCUT2D eigenvalue weighted by Crippen LogP contribution is -2.28. The molecule has 0 saturated heterocycles. The van der Waals surface area contributed by atoms with Crippen LogP contribution in [0.2, 0.25) is 0 Å². The summed E-state index contributed by atoms with van der Waals surface area (Å²) in [7, 11) is 0. The van der Waals surface area contributed by atoms with Gasteiger partial charge in [0.25, 0.3) is 5.91 Å². The van der Waals surface area contributed by atoms with E-state index in [-0.39, 0.29) is 12.5 Å². The van der Waals surface area contributed by atoms with Gasteiger partial charge in [-0.2, -0.15) is 0 Å². The van der Waals surface area contributed by atoms with Gasteiger partial charge in [-0.3, -0.25) is 9.63 Å². The van der Waals surface area contributed by atoms with Crippen LogP contribution in [0.3, 0.4) is 0 Å². The predicted molar refractivity (Wildman–Crippen MR) is 82.5 cm³/mol. The molecule has 0 saturated carbocycles. The standard InChI is InChI=1S/C17H19NO4/c1-2-20-15-8-10-16(11-9-15)21-13-17(19)18-22-12-14-6-4-3-5-7-14/h3-11H,2,12-13H2,1H3,(H,18,19). The summed E-state index contributed by atoms with van der Waals surface area (Å²) in [6.45, 7) is 2.74. The maximum Gasteiger partial charge on any atom is 0.281 e. The van der Waals surface area contributed by atoms with E-state index in [1.54, 1.807) is 24.3 Å². The number of carbonyl (C=O) groups is 1. The molecule has 5 nitrogen and oxygen atoms in total. The van der Waals surface area contributed by atoms with Gasteiger partial charge in [0.2, 0.25) is 0 Å². The molecule has 1 amide bonds. The third-order valence-corrected chi connectivity index (χ3v) is 2.77. The second-order valence-electron chi connectivity index (χ2n) is 4.49. The van der Waals surface area contributed by atoms with Crippen molar-refractivity contribution in [1.29, 1.82) is 0 Å². The number of benzene rings is 2. The second-order valence-corrected chi connectivity index (χ2v) is 4.49. The highest BCUT2D eigenvalue weighted by atomic mass is 16.7. The molecule has 116 valence electrons. The van der Waals surface area contributed by atoms with E-state index < -0.39 is 0 Å². The van der Waals surface area contributed by atoms with Crippen molar-refractivity contribution < 1.29 is 19.1 Å². The zero-order valence-corrected chi connectivity index (χ0v) is 12.5. The molecule has 0 aliphatic rings. The minimum absolute atomic E-state index is 0.108. The SMILES string of the molecule is CCOc1ccc(OCC(=O)NOCc2ccccc2)cc1. The van der Waals surface area contributed by atoms with Crippen molar-refractivity contribution in [3.8, 4) is 11.5 Å². The topological polar surface area (TPSA) is 56.8 Å². The van der Waals surface area contributed by atoms with Crippen molar-refractivity contribution >= 4 is 5.91 Å². The quantitative estimate of drug-likeness (QED) is 0.762. The van der Waals surface area contributed by atoms with Crippen LogP contribution < -0.4 is 15.0 Å². The average molecular weight is 301 g/mol. The maximum atomic E-state index is 11.6. The van der Waals surface area contributed by atoms with Crippen LogP contribution in [0.1, 0.15) is 12.5 Å². The van der Waals surface area contributed by atoms with E-state index in [0.717, 1.165) is 11.3 Å². The summed E-state index contributed by atoms with van der Waals surface area (Å²) in [4.78, 5) is 16.7. The van der Waals surface area contributed by atoms with Gasteiger partial charge in [0.15, 0.2) is 6.61 Å². The van der Waals surface area contributed by atoms with E-state index in [4.69, 9.17) is 14.3 Å². The Morgan fingerprint density at radius 2 is 1.59 bits per heavy atom. The summed E-state index contributed by atoms with van der Waals surface area (Å²) in [5.74, 6) is 1.02. The van der Waals surface area contributed by atoms with Crippen molar-refractivity contribution in [1.82, 2.24) is 5.48 Å². The first-order valence-corrected chi connectivity index (χ1v) is 7.08. The Hall–Kier alpha value is -2.53. The Bertz CT molecular complexity index is 569. The Balaban J connectivity index is 1.67. The lowest BCUT2D eigenvalue weighted by atomic mass is 10.2. The molecule has 2 rings (SSSR count). The molecule has 0 aliphatic heterocycles. The van der Waals surface area contributed by atoms with Crippen LogP contribution in [0.5, 0.6) is 11.5 Å². The lowest BCUT2D eigenvalue weighted by Gasteiger charge is -2.08. The Morgan fingerprint density at radius 3 is 2.23 bits per heavy atom. The van der Waals surface area contributed by atoms with Crippen LogP contribution >= 0.6 is 0 Å². The summed E-state index contributed by atoms with van der Waals surface area (Å²) in [5, 5.41) is 0. The van der Waals surface area contributed by atoms with Gasteiger partial charge in [-0.15, -0.1) is 0 Å². The highest BCUT2D eigenvalue weighted by Crippen LogP contribution is 2.17. The van der Waals surface area contributed by atoms with E-state index in [9.17, 15) is 4.79 Å². The van der Waals surface area contributed by atoms with Gasteiger partial charge in [0, 0.05) is 0 Å². The summed E-state index contributed by atoms with van der Waals surface area (Å²) in [6, 6.07) is 16.7. The minimum Gasteiger partial charge on any atom is -0.494 e. The highest BCUT2D eigenvalue weighted by molar-refractivity contribution is 5.76. The van der Waals surface area contributed by atoms with Crippen molar-refractivity contribution in [2.24, 2.45) is 0 Å². The van der Waals surface area contributed by atoms with Crippen LogP contribution in [-0.4, -0.2) is 19.1 Å². The fourth-order valence-electron chi connectivity index (χ4n) is 1.75. The normalized spacial score (nSPS) is 10.0. The number of carbonyl (C=O) groups excluding carboxylic acids is 1. The van der Waals surface area contributed by atoms with Crippen LogP contribution in [-0.2, 0) is 16.2 Å². The number of hydrogen-bond acceptors (Lipinski definition) is 4. The third kappa shape index (κ3) is 5.46. The first-order valence-electron chi connectivity index (χ1n) is 7.08. The molecule has 0 bridgehead atoms. The molecule has 0 spiro atoms. The Labute approximate surface area is 129 Å². The van der Waals surface area contributed by atoms with Crippen molar-refractivity contribution in [3.63, 3.8) is 0 Å². The lowest BCUT2D eigenvalue weighted by molar-refractivity contribution is -0.136. The van der Waals surface area contributed by atoms with Gasteiger partial charge in [0.1, 0.15) is 11.5 Å². The van der Waals surface area contributed by atoms with Gasteiger partial charge in [-0.25, -0.2) is 5.48 Å². The zero-order valence-electron chi connectivity index (χ0n) is 12.5. The number of amides is 1. The molecule has 0 unspecified atom stereocenters. The molecule has 0 atom stereocenters. The average Bonchev–Trinajstić information content (AvgIpc) is 2.55. The number of ether oxygens (including phenoxy) is 2. The summed E-state index contributed by atoms with van der Waals surface area (Å²) in [5.41, 5.74) is 3.33. The van der Waals surface area contributed by atoms with Gasteiger partial charge < -0.3 is 9.47 Å². The zero-order chi connectivity index (χ0) is 15.6. The van der Waals surface area contributed by atoms with E-state index >= 15 is 0 Å². The van der Waals surface area contributed by atoms with Crippen molar-refractivity contribution in [2.75, 3.05) is 13.2 Å². The number of hydroxylamine groups is 1.